The molecule has 0 aliphatic carbocycles. The van der Waals surface area contributed by atoms with Crippen LogP contribution in [-0.2, 0) is 5.60 Å². The van der Waals surface area contributed by atoms with E-state index in [0.29, 0.717) is 10.8 Å². The molecule has 2 nitrogen and oxygen atoms in total. The van der Waals surface area contributed by atoms with Crippen LogP contribution >= 0.6 is 11.6 Å². The Hall–Kier alpha value is -1.77. The SMILES string of the molecule is Cc1cc(C)cc(C(C)(O)c2cc3cc(Cl)ccc3o2)c1. The molecule has 3 rings (SSSR count). The minimum Gasteiger partial charge on any atom is -0.458 e. The van der Waals surface area contributed by atoms with Crippen molar-refractivity contribution >= 4 is 22.6 Å². The number of hydrogen-bond donors (Lipinski definition) is 1. The predicted molar refractivity (Wildman–Crippen MR) is 85.8 cm³/mol. The smallest absolute Gasteiger partial charge is 0.144 e. The first kappa shape index (κ1) is 14.2. The fourth-order valence-electron chi connectivity index (χ4n) is 2.65. The van der Waals surface area contributed by atoms with E-state index in [1.54, 1.807) is 13.0 Å². The first-order chi connectivity index (χ1) is 9.86. The number of aryl methyl sites for hydroxylation is 2. The third-order valence-corrected chi connectivity index (χ3v) is 3.98. The van der Waals surface area contributed by atoms with E-state index in [4.69, 9.17) is 16.0 Å². The second-order valence-electron chi connectivity index (χ2n) is 5.74. The van der Waals surface area contributed by atoms with Crippen molar-refractivity contribution in [1.29, 1.82) is 0 Å². The molecule has 0 aliphatic heterocycles. The van der Waals surface area contributed by atoms with E-state index in [1.165, 1.54) is 0 Å². The van der Waals surface area contributed by atoms with Crippen LogP contribution in [0.1, 0.15) is 29.4 Å². The number of hydrogen-bond acceptors (Lipinski definition) is 2. The fourth-order valence-corrected chi connectivity index (χ4v) is 2.83. The highest BCUT2D eigenvalue weighted by molar-refractivity contribution is 6.31. The lowest BCUT2D eigenvalue weighted by Crippen LogP contribution is -2.22. The Bertz CT molecular complexity index is 795. The summed E-state index contributed by atoms with van der Waals surface area (Å²) < 4.78 is 5.81. The molecule has 3 aromatic rings. The summed E-state index contributed by atoms with van der Waals surface area (Å²) in [5.41, 5.74) is 2.60. The van der Waals surface area contributed by atoms with Crippen molar-refractivity contribution in [3.63, 3.8) is 0 Å². The van der Waals surface area contributed by atoms with Gasteiger partial charge in [0, 0.05) is 10.4 Å². The Morgan fingerprint density at radius 3 is 2.33 bits per heavy atom. The minimum absolute atomic E-state index is 0.518. The van der Waals surface area contributed by atoms with E-state index in [9.17, 15) is 5.11 Å². The van der Waals surface area contributed by atoms with Gasteiger partial charge in [-0.1, -0.05) is 40.9 Å². The molecule has 0 fully saturated rings. The molecule has 0 bridgehead atoms. The van der Waals surface area contributed by atoms with Crippen molar-refractivity contribution in [2.45, 2.75) is 26.4 Å². The van der Waals surface area contributed by atoms with E-state index in [-0.39, 0.29) is 0 Å². The largest absolute Gasteiger partial charge is 0.458 e. The van der Waals surface area contributed by atoms with Gasteiger partial charge in [-0.3, -0.25) is 0 Å². The zero-order valence-corrected chi connectivity index (χ0v) is 13.0. The molecule has 1 heterocycles. The van der Waals surface area contributed by atoms with Gasteiger partial charge in [-0.25, -0.2) is 0 Å². The van der Waals surface area contributed by atoms with Crippen molar-refractivity contribution in [2.75, 3.05) is 0 Å². The predicted octanol–water partition coefficient (Wildman–Crippen LogP) is 4.96. The van der Waals surface area contributed by atoms with Crippen LogP contribution in [0.25, 0.3) is 11.0 Å². The lowest BCUT2D eigenvalue weighted by molar-refractivity contribution is 0.0785. The van der Waals surface area contributed by atoms with Gasteiger partial charge in [0.15, 0.2) is 0 Å². The molecule has 21 heavy (non-hydrogen) atoms. The summed E-state index contributed by atoms with van der Waals surface area (Å²) in [6.45, 7) is 5.79. The lowest BCUT2D eigenvalue weighted by Gasteiger charge is -2.22. The molecule has 0 radical (unpaired) electrons. The van der Waals surface area contributed by atoms with Crippen LogP contribution in [0.3, 0.4) is 0 Å². The Kier molecular flexibility index (Phi) is 3.31. The number of benzene rings is 2. The van der Waals surface area contributed by atoms with Crippen molar-refractivity contribution in [3.8, 4) is 0 Å². The minimum atomic E-state index is -1.18. The molecule has 3 heteroatoms. The average molecular weight is 301 g/mol. The first-order valence-electron chi connectivity index (χ1n) is 6.87. The number of halogens is 1. The zero-order valence-electron chi connectivity index (χ0n) is 12.3. The number of rotatable bonds is 2. The van der Waals surface area contributed by atoms with Gasteiger partial charge in [-0.05, 0) is 50.6 Å². The van der Waals surface area contributed by atoms with Gasteiger partial charge in [0.25, 0.3) is 0 Å². The van der Waals surface area contributed by atoms with E-state index in [1.807, 2.05) is 44.2 Å². The zero-order chi connectivity index (χ0) is 15.2. The maximum atomic E-state index is 10.9. The van der Waals surface area contributed by atoms with Gasteiger partial charge in [0.1, 0.15) is 16.9 Å². The Morgan fingerprint density at radius 1 is 1.00 bits per heavy atom. The molecule has 1 atom stereocenters. The summed E-state index contributed by atoms with van der Waals surface area (Å²) in [7, 11) is 0. The molecular weight excluding hydrogens is 284 g/mol. The van der Waals surface area contributed by atoms with E-state index < -0.39 is 5.60 Å². The standard InChI is InChI=1S/C18H17ClO2/c1-11-6-12(2)8-14(7-11)18(3,20)17-10-13-9-15(19)4-5-16(13)21-17/h4-10,20H,1-3H3. The van der Waals surface area contributed by atoms with E-state index >= 15 is 0 Å². The van der Waals surface area contributed by atoms with Crippen molar-refractivity contribution in [3.05, 3.63) is 69.9 Å². The number of aliphatic hydroxyl groups is 1. The molecule has 0 amide bonds. The maximum Gasteiger partial charge on any atom is 0.144 e. The van der Waals surface area contributed by atoms with Crippen LogP contribution in [0.5, 0.6) is 0 Å². The van der Waals surface area contributed by atoms with Gasteiger partial charge in [0.05, 0.1) is 0 Å². The van der Waals surface area contributed by atoms with Gasteiger partial charge in [-0.2, -0.15) is 0 Å². The lowest BCUT2D eigenvalue weighted by atomic mass is 9.90. The Labute approximate surface area is 129 Å². The van der Waals surface area contributed by atoms with E-state index in [2.05, 4.69) is 6.07 Å². The molecular formula is C18H17ClO2. The second-order valence-corrected chi connectivity index (χ2v) is 6.18. The van der Waals surface area contributed by atoms with Crippen molar-refractivity contribution in [1.82, 2.24) is 0 Å². The quantitative estimate of drug-likeness (QED) is 0.725. The van der Waals surface area contributed by atoms with E-state index in [0.717, 1.165) is 27.7 Å². The molecule has 0 aliphatic rings. The molecule has 1 unspecified atom stereocenters. The maximum absolute atomic E-state index is 10.9. The summed E-state index contributed by atoms with van der Waals surface area (Å²) in [5.74, 6) is 0.518. The van der Waals surface area contributed by atoms with Crippen LogP contribution in [0.4, 0.5) is 0 Å². The highest BCUT2D eigenvalue weighted by Gasteiger charge is 2.30. The van der Waals surface area contributed by atoms with Gasteiger partial charge in [0.2, 0.25) is 0 Å². The fraction of sp³-hybridized carbons (Fsp3) is 0.222. The van der Waals surface area contributed by atoms with Gasteiger partial charge < -0.3 is 9.52 Å². The third-order valence-electron chi connectivity index (χ3n) is 3.74. The van der Waals surface area contributed by atoms with Crippen LogP contribution in [0.15, 0.2) is 46.9 Å². The van der Waals surface area contributed by atoms with Gasteiger partial charge >= 0.3 is 0 Å². The normalized spacial score (nSPS) is 14.3. The van der Waals surface area contributed by atoms with Crippen LogP contribution in [-0.4, -0.2) is 5.11 Å². The topological polar surface area (TPSA) is 33.4 Å². The summed E-state index contributed by atoms with van der Waals surface area (Å²) in [6.07, 6.45) is 0. The second kappa shape index (κ2) is 4.90. The molecule has 1 N–H and O–H groups in total. The van der Waals surface area contributed by atoms with Crippen LogP contribution in [0.2, 0.25) is 5.02 Å². The molecule has 0 saturated carbocycles. The van der Waals surface area contributed by atoms with Crippen molar-refractivity contribution < 1.29 is 9.52 Å². The highest BCUT2D eigenvalue weighted by atomic mass is 35.5. The molecule has 108 valence electrons. The highest BCUT2D eigenvalue weighted by Crippen LogP contribution is 2.34. The number of fused-ring (bicyclic) bond motifs is 1. The number of furan rings is 1. The van der Waals surface area contributed by atoms with Crippen LogP contribution in [0, 0.1) is 13.8 Å². The van der Waals surface area contributed by atoms with Crippen molar-refractivity contribution in [2.24, 2.45) is 0 Å². The molecule has 1 aromatic heterocycles. The Balaban J connectivity index is 2.14. The monoisotopic (exact) mass is 300 g/mol. The molecule has 0 spiro atoms. The third kappa shape index (κ3) is 2.57. The van der Waals surface area contributed by atoms with Gasteiger partial charge in [-0.15, -0.1) is 0 Å². The summed E-state index contributed by atoms with van der Waals surface area (Å²) in [4.78, 5) is 0. The summed E-state index contributed by atoms with van der Waals surface area (Å²) >= 11 is 6.00. The molecule has 0 saturated heterocycles. The average Bonchev–Trinajstić information content (AvgIpc) is 2.81. The first-order valence-corrected chi connectivity index (χ1v) is 7.25. The summed E-state index contributed by atoms with van der Waals surface area (Å²) in [6, 6.07) is 13.3. The van der Waals surface area contributed by atoms with Crippen LogP contribution < -0.4 is 0 Å². The Morgan fingerprint density at radius 2 is 1.67 bits per heavy atom. The summed E-state index contributed by atoms with van der Waals surface area (Å²) in [5, 5.41) is 12.5. The molecule has 2 aromatic carbocycles.